The Kier molecular flexibility index (Phi) is 5.06. The molecule has 154 valence electrons. The standard InChI is InChI=1S/C20H21F3N4O2/c21-20(22,23)17-9-11-27(25-17)16-7-3-13(4-8-16)19(29)26-10-1-2-14(12-26)18(28)24-15-5-6-15/h3-4,7-9,11,14-15H,1-2,5-6,10,12H2,(H,24,28). The van der Waals surface area contributed by atoms with E-state index in [1.807, 2.05) is 0 Å². The topological polar surface area (TPSA) is 67.2 Å². The number of aromatic nitrogens is 2. The lowest BCUT2D eigenvalue weighted by Crippen LogP contribution is -2.45. The Morgan fingerprint density at radius 3 is 2.41 bits per heavy atom. The highest BCUT2D eigenvalue weighted by Crippen LogP contribution is 2.28. The number of carbonyl (C=O) groups excluding carboxylic acids is 2. The van der Waals surface area contributed by atoms with Crippen LogP contribution in [-0.4, -0.2) is 45.6 Å². The first-order valence-electron chi connectivity index (χ1n) is 9.64. The molecule has 1 saturated carbocycles. The Hall–Kier alpha value is -2.84. The molecular formula is C20H21F3N4O2. The predicted molar refractivity (Wildman–Crippen MR) is 98.4 cm³/mol. The highest BCUT2D eigenvalue weighted by molar-refractivity contribution is 5.95. The van der Waals surface area contributed by atoms with Crippen molar-refractivity contribution in [1.29, 1.82) is 0 Å². The van der Waals surface area contributed by atoms with E-state index in [0.717, 1.165) is 36.4 Å². The van der Waals surface area contributed by atoms with Crippen LogP contribution in [0, 0.1) is 5.92 Å². The molecule has 1 aliphatic heterocycles. The number of nitrogens with one attached hydrogen (secondary N) is 1. The van der Waals surface area contributed by atoms with Crippen molar-refractivity contribution in [2.75, 3.05) is 13.1 Å². The number of rotatable bonds is 4. The molecule has 6 nitrogen and oxygen atoms in total. The van der Waals surface area contributed by atoms with Gasteiger partial charge in [-0.1, -0.05) is 0 Å². The minimum absolute atomic E-state index is 0.0134. The van der Waals surface area contributed by atoms with Crippen molar-refractivity contribution in [2.45, 2.75) is 37.9 Å². The molecule has 29 heavy (non-hydrogen) atoms. The van der Waals surface area contributed by atoms with Crippen molar-refractivity contribution in [2.24, 2.45) is 5.92 Å². The third-order valence-corrected chi connectivity index (χ3v) is 5.26. The number of carbonyl (C=O) groups is 2. The average molecular weight is 406 g/mol. The second kappa shape index (κ2) is 7.53. The monoisotopic (exact) mass is 406 g/mol. The fourth-order valence-corrected chi connectivity index (χ4v) is 3.48. The number of alkyl halides is 3. The number of hydrogen-bond donors (Lipinski definition) is 1. The van der Waals surface area contributed by atoms with E-state index in [1.54, 1.807) is 29.2 Å². The van der Waals surface area contributed by atoms with Crippen LogP contribution in [0.3, 0.4) is 0 Å². The molecular weight excluding hydrogens is 385 g/mol. The maximum atomic E-state index is 12.8. The van der Waals surface area contributed by atoms with Crippen LogP contribution in [0.15, 0.2) is 36.5 Å². The Balaban J connectivity index is 1.42. The fourth-order valence-electron chi connectivity index (χ4n) is 3.48. The number of nitrogens with zero attached hydrogens (tertiary/aromatic N) is 3. The van der Waals surface area contributed by atoms with Crippen LogP contribution < -0.4 is 5.32 Å². The average Bonchev–Trinajstić information content (AvgIpc) is 3.37. The van der Waals surface area contributed by atoms with Crippen LogP contribution in [0.4, 0.5) is 13.2 Å². The third-order valence-electron chi connectivity index (χ3n) is 5.26. The summed E-state index contributed by atoms with van der Waals surface area (Å²) in [7, 11) is 0. The zero-order valence-electron chi connectivity index (χ0n) is 15.7. The van der Waals surface area contributed by atoms with Gasteiger partial charge < -0.3 is 10.2 Å². The molecule has 0 spiro atoms. The summed E-state index contributed by atoms with van der Waals surface area (Å²) < 4.78 is 39.2. The zero-order chi connectivity index (χ0) is 20.6. The molecule has 2 fully saturated rings. The maximum Gasteiger partial charge on any atom is 0.435 e. The van der Waals surface area contributed by atoms with E-state index in [1.165, 1.54) is 6.20 Å². The summed E-state index contributed by atoms with van der Waals surface area (Å²) in [5.41, 5.74) is -0.112. The first-order chi connectivity index (χ1) is 13.8. The molecule has 1 saturated heterocycles. The van der Waals surface area contributed by atoms with Crippen LogP contribution in [0.5, 0.6) is 0 Å². The molecule has 4 rings (SSSR count). The van der Waals surface area contributed by atoms with Gasteiger partial charge in [-0.05, 0) is 56.0 Å². The van der Waals surface area contributed by atoms with Gasteiger partial charge in [0, 0.05) is 30.9 Å². The molecule has 1 atom stereocenters. The molecule has 9 heteroatoms. The normalized spacial score (nSPS) is 19.8. The van der Waals surface area contributed by atoms with Gasteiger partial charge >= 0.3 is 6.18 Å². The van der Waals surface area contributed by atoms with Crippen LogP contribution in [0.25, 0.3) is 5.69 Å². The van der Waals surface area contributed by atoms with Crippen molar-refractivity contribution < 1.29 is 22.8 Å². The summed E-state index contributed by atoms with van der Waals surface area (Å²) in [5.74, 6) is -0.367. The van der Waals surface area contributed by atoms with E-state index < -0.39 is 11.9 Å². The summed E-state index contributed by atoms with van der Waals surface area (Å²) in [6.07, 6.45) is 0.301. The van der Waals surface area contributed by atoms with E-state index in [0.29, 0.717) is 30.4 Å². The largest absolute Gasteiger partial charge is 0.435 e. The van der Waals surface area contributed by atoms with Crippen LogP contribution in [0.1, 0.15) is 41.7 Å². The first-order valence-corrected chi connectivity index (χ1v) is 9.64. The van der Waals surface area contributed by atoms with Crippen molar-refractivity contribution in [1.82, 2.24) is 20.0 Å². The molecule has 0 bridgehead atoms. The van der Waals surface area contributed by atoms with Gasteiger partial charge in [-0.25, -0.2) is 4.68 Å². The van der Waals surface area contributed by atoms with E-state index in [2.05, 4.69) is 10.4 Å². The number of piperidine rings is 1. The van der Waals surface area contributed by atoms with Gasteiger partial charge in [-0.3, -0.25) is 9.59 Å². The number of halogens is 3. The SMILES string of the molecule is O=C(NC1CC1)C1CCCN(C(=O)c2ccc(-n3ccc(C(F)(F)F)n3)cc2)C1. The highest BCUT2D eigenvalue weighted by atomic mass is 19.4. The Bertz CT molecular complexity index is 903. The summed E-state index contributed by atoms with van der Waals surface area (Å²) in [6.45, 7) is 0.967. The van der Waals surface area contributed by atoms with Gasteiger partial charge in [0.05, 0.1) is 11.6 Å². The number of benzene rings is 1. The lowest BCUT2D eigenvalue weighted by molar-refractivity contribution is -0.141. The van der Waals surface area contributed by atoms with Crippen molar-refractivity contribution >= 4 is 11.8 Å². The molecule has 0 radical (unpaired) electrons. The molecule has 2 heterocycles. The van der Waals surface area contributed by atoms with E-state index in [4.69, 9.17) is 0 Å². The Labute approximate surface area is 165 Å². The molecule has 1 aliphatic carbocycles. The zero-order valence-corrected chi connectivity index (χ0v) is 15.7. The lowest BCUT2D eigenvalue weighted by atomic mass is 9.96. The summed E-state index contributed by atoms with van der Waals surface area (Å²) in [4.78, 5) is 26.8. The lowest BCUT2D eigenvalue weighted by Gasteiger charge is -2.32. The minimum Gasteiger partial charge on any atom is -0.353 e. The van der Waals surface area contributed by atoms with Crippen LogP contribution >= 0.6 is 0 Å². The second-order valence-corrected chi connectivity index (χ2v) is 7.56. The number of likely N-dealkylation sites (tertiary alicyclic amines) is 1. The van der Waals surface area contributed by atoms with Gasteiger partial charge in [0.25, 0.3) is 5.91 Å². The molecule has 2 amide bonds. The molecule has 1 N–H and O–H groups in total. The van der Waals surface area contributed by atoms with E-state index in [9.17, 15) is 22.8 Å². The van der Waals surface area contributed by atoms with Crippen molar-refractivity contribution in [3.63, 3.8) is 0 Å². The van der Waals surface area contributed by atoms with Gasteiger partial charge in [0.2, 0.25) is 5.91 Å². The van der Waals surface area contributed by atoms with Gasteiger partial charge in [-0.2, -0.15) is 18.3 Å². The summed E-state index contributed by atoms with van der Waals surface area (Å²) >= 11 is 0. The van der Waals surface area contributed by atoms with E-state index >= 15 is 0 Å². The van der Waals surface area contributed by atoms with Crippen LogP contribution in [-0.2, 0) is 11.0 Å². The van der Waals surface area contributed by atoms with Gasteiger partial charge in [-0.15, -0.1) is 0 Å². The highest BCUT2D eigenvalue weighted by Gasteiger charge is 2.34. The first kappa shape index (κ1) is 19.5. The van der Waals surface area contributed by atoms with E-state index in [-0.39, 0.29) is 17.7 Å². The van der Waals surface area contributed by atoms with Gasteiger partial charge in [0.15, 0.2) is 5.69 Å². The van der Waals surface area contributed by atoms with Crippen molar-refractivity contribution in [3.05, 3.63) is 47.8 Å². The molecule has 1 aromatic carbocycles. The third kappa shape index (κ3) is 4.44. The summed E-state index contributed by atoms with van der Waals surface area (Å²) in [5, 5.41) is 6.52. The summed E-state index contributed by atoms with van der Waals surface area (Å²) in [6, 6.07) is 7.45. The second-order valence-electron chi connectivity index (χ2n) is 7.56. The fraction of sp³-hybridized carbons (Fsp3) is 0.450. The molecule has 2 aromatic rings. The number of amides is 2. The predicted octanol–water partition coefficient (Wildman–Crippen LogP) is 3.02. The molecule has 2 aliphatic rings. The van der Waals surface area contributed by atoms with Crippen molar-refractivity contribution in [3.8, 4) is 5.69 Å². The minimum atomic E-state index is -4.50. The van der Waals surface area contributed by atoms with Gasteiger partial charge in [0.1, 0.15) is 0 Å². The number of hydrogen-bond acceptors (Lipinski definition) is 3. The van der Waals surface area contributed by atoms with Crippen LogP contribution in [0.2, 0.25) is 0 Å². The molecule has 1 unspecified atom stereocenters. The Morgan fingerprint density at radius 1 is 1.07 bits per heavy atom. The smallest absolute Gasteiger partial charge is 0.353 e. The quantitative estimate of drug-likeness (QED) is 0.849. The maximum absolute atomic E-state index is 12.8. The molecule has 1 aromatic heterocycles. The Morgan fingerprint density at radius 2 is 1.79 bits per heavy atom.